The summed E-state index contributed by atoms with van der Waals surface area (Å²) < 4.78 is 63.1. The monoisotopic (exact) mass is 539 g/mol. The van der Waals surface area contributed by atoms with Gasteiger partial charge in [0.2, 0.25) is 0 Å². The fourth-order valence-corrected chi connectivity index (χ4v) is 7.07. The molecule has 10 heteroatoms. The summed E-state index contributed by atoms with van der Waals surface area (Å²) in [6, 6.07) is 14.3. The molecule has 2 fully saturated rings. The third kappa shape index (κ3) is 4.89. The fourth-order valence-electron chi connectivity index (χ4n) is 5.96. The van der Waals surface area contributed by atoms with Gasteiger partial charge in [-0.1, -0.05) is 49.1 Å². The number of hydrogen-bond donors (Lipinski definition) is 1. The number of fused-ring (bicyclic) bond motifs is 1. The van der Waals surface area contributed by atoms with Crippen LogP contribution in [0, 0.1) is 5.92 Å². The maximum atomic E-state index is 13.0. The summed E-state index contributed by atoms with van der Waals surface area (Å²) in [4.78, 5) is 0. The summed E-state index contributed by atoms with van der Waals surface area (Å²) >= 11 is 6.17. The van der Waals surface area contributed by atoms with Crippen molar-refractivity contribution in [1.82, 2.24) is 14.5 Å². The van der Waals surface area contributed by atoms with Crippen molar-refractivity contribution in [2.75, 3.05) is 13.1 Å². The Morgan fingerprint density at radius 2 is 1.58 bits per heavy atom. The molecule has 0 spiro atoms. The maximum absolute atomic E-state index is 13.0. The van der Waals surface area contributed by atoms with Gasteiger partial charge in [0.25, 0.3) is 0 Å². The summed E-state index contributed by atoms with van der Waals surface area (Å²) in [5, 5.41) is 9.21. The van der Waals surface area contributed by atoms with E-state index in [1.807, 2.05) is 18.2 Å². The molecule has 1 saturated heterocycles. The van der Waals surface area contributed by atoms with Crippen LogP contribution in [0.15, 0.2) is 42.5 Å². The van der Waals surface area contributed by atoms with Crippen LogP contribution >= 0.6 is 11.6 Å². The molecule has 1 saturated carbocycles. The van der Waals surface area contributed by atoms with Gasteiger partial charge < -0.3 is 0 Å². The van der Waals surface area contributed by atoms with Crippen LogP contribution in [0.1, 0.15) is 73.6 Å². The second kappa shape index (κ2) is 9.99. The van der Waals surface area contributed by atoms with Crippen molar-refractivity contribution in [3.8, 4) is 0 Å². The lowest BCUT2D eigenvalue weighted by atomic mass is 9.73. The Hall–Kier alpha value is -2.10. The fraction of sp³-hybridized carbons (Fsp3) is 0.500. The molecule has 194 valence electrons. The molecular weight excluding hydrogens is 511 g/mol. The smallest absolute Gasteiger partial charge is 0.281 e. The second-order valence-corrected chi connectivity index (χ2v) is 12.3. The van der Waals surface area contributed by atoms with Crippen molar-refractivity contribution in [3.63, 3.8) is 0 Å². The van der Waals surface area contributed by atoms with E-state index in [4.69, 9.17) is 11.6 Å². The van der Waals surface area contributed by atoms with Gasteiger partial charge >= 0.3 is 15.5 Å². The van der Waals surface area contributed by atoms with Crippen LogP contribution in [0.4, 0.5) is 13.2 Å². The molecule has 2 aliphatic rings. The number of benzene rings is 2. The predicted molar refractivity (Wildman–Crippen MR) is 134 cm³/mol. The van der Waals surface area contributed by atoms with Crippen LogP contribution in [0.3, 0.4) is 0 Å². The van der Waals surface area contributed by atoms with Gasteiger partial charge in [0.1, 0.15) is 0 Å². The van der Waals surface area contributed by atoms with E-state index >= 15 is 0 Å². The molecule has 2 aromatic carbocycles. The largest absolute Gasteiger partial charge is 0.511 e. The van der Waals surface area contributed by atoms with Gasteiger partial charge in [0, 0.05) is 41.0 Å². The Balaban J connectivity index is 1.45. The van der Waals surface area contributed by atoms with Crippen LogP contribution in [-0.4, -0.2) is 41.5 Å². The highest BCUT2D eigenvalue weighted by Crippen LogP contribution is 2.42. The van der Waals surface area contributed by atoms with E-state index in [0.717, 1.165) is 29.4 Å². The Morgan fingerprint density at radius 3 is 2.22 bits per heavy atom. The van der Waals surface area contributed by atoms with Gasteiger partial charge in [-0.25, -0.2) is 8.42 Å². The molecule has 3 aromatic rings. The van der Waals surface area contributed by atoms with Crippen molar-refractivity contribution >= 4 is 32.5 Å². The van der Waals surface area contributed by atoms with Crippen molar-refractivity contribution in [3.05, 3.63) is 64.3 Å². The van der Waals surface area contributed by atoms with Gasteiger partial charge in [-0.2, -0.15) is 22.6 Å². The lowest BCUT2D eigenvalue weighted by molar-refractivity contribution is -0.0494. The predicted octanol–water partition coefficient (Wildman–Crippen LogP) is 6.96. The molecule has 1 unspecified atom stereocenters. The molecule has 1 aliphatic heterocycles. The summed E-state index contributed by atoms with van der Waals surface area (Å²) in [6.45, 7) is -0.329. The van der Waals surface area contributed by atoms with Crippen LogP contribution in [-0.2, 0) is 10.0 Å². The molecule has 1 aromatic heterocycles. The van der Waals surface area contributed by atoms with Crippen molar-refractivity contribution in [2.24, 2.45) is 5.92 Å². The highest BCUT2D eigenvalue weighted by Gasteiger charge is 2.50. The number of hydrogen-bond acceptors (Lipinski definition) is 3. The maximum Gasteiger partial charge on any atom is 0.511 e. The topological polar surface area (TPSA) is 66.1 Å². The number of piperidine rings is 1. The Morgan fingerprint density at radius 1 is 0.944 bits per heavy atom. The lowest BCUT2D eigenvalue weighted by Gasteiger charge is -2.32. The number of alkyl halides is 3. The van der Waals surface area contributed by atoms with Crippen molar-refractivity contribution in [2.45, 2.75) is 62.3 Å². The van der Waals surface area contributed by atoms with Crippen LogP contribution in [0.5, 0.6) is 0 Å². The van der Waals surface area contributed by atoms with E-state index in [1.54, 1.807) is 0 Å². The number of rotatable bonds is 5. The summed E-state index contributed by atoms with van der Waals surface area (Å²) in [5.74, 6) is 0.644. The van der Waals surface area contributed by atoms with E-state index in [9.17, 15) is 21.6 Å². The standard InChI is InChI=1S/C26H29ClF3N3O2S/c27-21-9-6-18(7-10-21)24(17-4-2-1-3-5-17)20-8-11-23-22(16-20)25(32-31-23)19-12-14-33(15-13-19)36(34,35)26(28,29)30/h6-11,16-17,19,24H,1-5,12-15H2,(H,31,32). The molecule has 1 N–H and O–H groups in total. The zero-order valence-electron chi connectivity index (χ0n) is 19.8. The first-order chi connectivity index (χ1) is 17.1. The molecule has 0 amide bonds. The average molecular weight is 540 g/mol. The summed E-state index contributed by atoms with van der Waals surface area (Å²) in [6.07, 6.45) is 6.63. The second-order valence-electron chi connectivity index (χ2n) is 9.97. The molecule has 2 heterocycles. The first kappa shape index (κ1) is 25.5. The Bertz CT molecular complexity index is 1310. The molecule has 1 aliphatic carbocycles. The highest BCUT2D eigenvalue weighted by atomic mass is 35.5. The van der Waals surface area contributed by atoms with E-state index in [2.05, 4.69) is 34.5 Å². The third-order valence-corrected chi connectivity index (χ3v) is 9.69. The number of sulfonamides is 1. The first-order valence-corrected chi connectivity index (χ1v) is 14.3. The normalized spacial score (nSPS) is 20.1. The van der Waals surface area contributed by atoms with Gasteiger partial charge in [0.05, 0.1) is 5.52 Å². The van der Waals surface area contributed by atoms with E-state index in [0.29, 0.717) is 28.1 Å². The lowest BCUT2D eigenvalue weighted by Crippen LogP contribution is -2.44. The molecule has 5 rings (SSSR count). The van der Waals surface area contributed by atoms with E-state index in [1.165, 1.54) is 30.4 Å². The quantitative estimate of drug-likeness (QED) is 0.381. The molecule has 1 atom stereocenters. The third-order valence-electron chi connectivity index (χ3n) is 7.81. The molecule has 0 bridgehead atoms. The van der Waals surface area contributed by atoms with Crippen molar-refractivity contribution in [1.29, 1.82) is 0 Å². The zero-order chi connectivity index (χ0) is 25.5. The number of nitrogens with zero attached hydrogens (tertiary/aromatic N) is 2. The minimum atomic E-state index is -5.30. The first-order valence-electron chi connectivity index (χ1n) is 12.4. The molecule has 5 nitrogen and oxygen atoms in total. The number of aromatic amines is 1. The molecule has 0 radical (unpaired) electrons. The molecule has 36 heavy (non-hydrogen) atoms. The van der Waals surface area contributed by atoms with Gasteiger partial charge in [-0.05, 0) is 67.0 Å². The van der Waals surface area contributed by atoms with Crippen LogP contribution < -0.4 is 0 Å². The minimum absolute atomic E-state index is 0.0893. The van der Waals surface area contributed by atoms with E-state index < -0.39 is 15.5 Å². The van der Waals surface area contributed by atoms with E-state index in [-0.39, 0.29) is 24.9 Å². The summed E-state index contributed by atoms with van der Waals surface area (Å²) in [7, 11) is -5.30. The molecular formula is C26H29ClF3N3O2S. The van der Waals surface area contributed by atoms with Crippen molar-refractivity contribution < 1.29 is 21.6 Å². The zero-order valence-corrected chi connectivity index (χ0v) is 21.3. The van der Waals surface area contributed by atoms with Crippen LogP contribution in [0.2, 0.25) is 5.02 Å². The minimum Gasteiger partial charge on any atom is -0.281 e. The van der Waals surface area contributed by atoms with Gasteiger partial charge in [0.15, 0.2) is 0 Å². The number of H-pyrrole nitrogens is 1. The summed E-state index contributed by atoms with van der Waals surface area (Å²) in [5.41, 5.74) is -1.18. The van der Waals surface area contributed by atoms with Crippen LogP contribution in [0.25, 0.3) is 10.9 Å². The van der Waals surface area contributed by atoms with Gasteiger partial charge in [-0.3, -0.25) is 5.10 Å². The number of aromatic nitrogens is 2. The SMILES string of the molecule is O=S(=O)(N1CCC(c2[nH]nc3ccc(C(c4ccc(Cl)cc4)C4CCCCC4)cc23)CC1)C(F)(F)F. The highest BCUT2D eigenvalue weighted by molar-refractivity contribution is 7.90. The van der Waals surface area contributed by atoms with Gasteiger partial charge in [-0.15, -0.1) is 0 Å². The Kier molecular flexibility index (Phi) is 7.09. The average Bonchev–Trinajstić information content (AvgIpc) is 3.29. The number of nitrogens with one attached hydrogen (secondary N) is 1. The number of halogens is 4. The Labute approximate surface area is 214 Å².